The predicted molar refractivity (Wildman–Crippen MR) is 74.5 cm³/mol. The van der Waals surface area contributed by atoms with E-state index in [9.17, 15) is 14.4 Å². The van der Waals surface area contributed by atoms with E-state index in [1.807, 2.05) is 13.1 Å². The quantitative estimate of drug-likeness (QED) is 0.680. The molecule has 3 amide bonds. The molecule has 0 aliphatic heterocycles. The third-order valence-corrected chi connectivity index (χ3v) is 2.81. The lowest BCUT2D eigenvalue weighted by molar-refractivity contribution is -0.137. The number of nitrogens with one attached hydrogen (secondary N) is 2. The Labute approximate surface area is 122 Å². The van der Waals surface area contributed by atoms with Crippen LogP contribution in [-0.4, -0.2) is 32.8 Å². The second kappa shape index (κ2) is 8.03. The van der Waals surface area contributed by atoms with Gasteiger partial charge in [-0.1, -0.05) is 6.92 Å². The zero-order valence-electron chi connectivity index (χ0n) is 12.2. The first kappa shape index (κ1) is 16.7. The van der Waals surface area contributed by atoms with Crippen LogP contribution < -0.4 is 10.6 Å². The Hall–Kier alpha value is -2.38. The first-order chi connectivity index (χ1) is 9.92. The Morgan fingerprint density at radius 2 is 2.05 bits per heavy atom. The molecule has 116 valence electrons. The lowest BCUT2D eigenvalue weighted by Gasteiger charge is -2.06. The van der Waals surface area contributed by atoms with Gasteiger partial charge in [0.25, 0.3) is 0 Å². The Morgan fingerprint density at radius 1 is 1.33 bits per heavy atom. The summed E-state index contributed by atoms with van der Waals surface area (Å²) in [7, 11) is 1.80. The van der Waals surface area contributed by atoms with Crippen molar-refractivity contribution in [3.8, 4) is 0 Å². The molecule has 0 aliphatic carbocycles. The van der Waals surface area contributed by atoms with Crippen LogP contribution >= 0.6 is 0 Å². The van der Waals surface area contributed by atoms with Gasteiger partial charge in [0.1, 0.15) is 0 Å². The van der Waals surface area contributed by atoms with Gasteiger partial charge in [0.2, 0.25) is 5.91 Å². The smallest absolute Gasteiger partial charge is 0.321 e. The fraction of sp³-hybridized carbons (Fsp3) is 0.538. The van der Waals surface area contributed by atoms with E-state index in [1.54, 1.807) is 11.7 Å². The number of amides is 3. The number of rotatable bonds is 7. The van der Waals surface area contributed by atoms with Crippen molar-refractivity contribution in [1.29, 1.82) is 0 Å². The standard InChI is InChI=1S/C13H20N4O4/c1-3-10-9(8-17(2)16-10)7-14-13(21)15-11(18)5-4-6-12(19)20/h8H,3-7H2,1-2H3,(H,19,20)(H2,14,15,18,21). The van der Waals surface area contributed by atoms with E-state index in [1.165, 1.54) is 0 Å². The van der Waals surface area contributed by atoms with Crippen LogP contribution in [0.2, 0.25) is 0 Å². The van der Waals surface area contributed by atoms with Gasteiger partial charge in [-0.2, -0.15) is 5.10 Å². The normalized spacial score (nSPS) is 10.2. The molecule has 1 aromatic rings. The van der Waals surface area contributed by atoms with Crippen molar-refractivity contribution < 1.29 is 19.5 Å². The van der Waals surface area contributed by atoms with Gasteiger partial charge in [-0.25, -0.2) is 4.79 Å². The van der Waals surface area contributed by atoms with Crippen LogP contribution in [0.1, 0.15) is 37.4 Å². The first-order valence-electron chi connectivity index (χ1n) is 6.73. The summed E-state index contributed by atoms with van der Waals surface area (Å²) in [6.07, 6.45) is 2.69. The fourth-order valence-electron chi connectivity index (χ4n) is 1.84. The third kappa shape index (κ3) is 6.07. The van der Waals surface area contributed by atoms with Crippen molar-refractivity contribution in [2.45, 2.75) is 39.2 Å². The molecule has 0 aromatic carbocycles. The van der Waals surface area contributed by atoms with Crippen molar-refractivity contribution in [1.82, 2.24) is 20.4 Å². The highest BCUT2D eigenvalue weighted by Gasteiger charge is 2.10. The lowest BCUT2D eigenvalue weighted by atomic mass is 10.2. The van der Waals surface area contributed by atoms with Crippen LogP contribution in [0.25, 0.3) is 0 Å². The van der Waals surface area contributed by atoms with Crippen LogP contribution in [0, 0.1) is 0 Å². The Bertz CT molecular complexity index is 524. The van der Waals surface area contributed by atoms with E-state index in [0.29, 0.717) is 0 Å². The van der Waals surface area contributed by atoms with Crippen LogP contribution in [0.4, 0.5) is 4.79 Å². The summed E-state index contributed by atoms with van der Waals surface area (Å²) < 4.78 is 1.67. The molecule has 0 unspecified atom stereocenters. The number of hydrogen-bond donors (Lipinski definition) is 3. The summed E-state index contributed by atoms with van der Waals surface area (Å²) >= 11 is 0. The summed E-state index contributed by atoms with van der Waals surface area (Å²) in [4.78, 5) is 33.2. The van der Waals surface area contributed by atoms with Crippen LogP contribution in [0.5, 0.6) is 0 Å². The zero-order chi connectivity index (χ0) is 15.8. The minimum absolute atomic E-state index is 0.00677. The van der Waals surface area contributed by atoms with Gasteiger partial charge in [0, 0.05) is 38.2 Å². The maximum Gasteiger partial charge on any atom is 0.321 e. The van der Waals surface area contributed by atoms with Gasteiger partial charge in [-0.3, -0.25) is 19.6 Å². The van der Waals surface area contributed by atoms with Gasteiger partial charge in [0.05, 0.1) is 5.69 Å². The second-order valence-corrected chi connectivity index (χ2v) is 4.61. The molecule has 8 nitrogen and oxygen atoms in total. The Kier molecular flexibility index (Phi) is 6.38. The number of nitrogens with zero attached hydrogens (tertiary/aromatic N) is 2. The molecule has 0 fully saturated rings. The number of urea groups is 1. The monoisotopic (exact) mass is 296 g/mol. The largest absolute Gasteiger partial charge is 0.481 e. The van der Waals surface area contributed by atoms with Gasteiger partial charge in [-0.05, 0) is 12.8 Å². The molecule has 21 heavy (non-hydrogen) atoms. The zero-order valence-corrected chi connectivity index (χ0v) is 12.2. The van der Waals surface area contributed by atoms with Gasteiger partial charge in [-0.15, -0.1) is 0 Å². The number of aryl methyl sites for hydroxylation is 2. The van der Waals surface area contributed by atoms with Gasteiger partial charge >= 0.3 is 12.0 Å². The minimum Gasteiger partial charge on any atom is -0.481 e. The molecule has 0 bridgehead atoms. The summed E-state index contributed by atoms with van der Waals surface area (Å²) in [5.74, 6) is -1.45. The Balaban J connectivity index is 2.33. The highest BCUT2D eigenvalue weighted by atomic mass is 16.4. The maximum absolute atomic E-state index is 11.5. The molecule has 0 spiro atoms. The average molecular weight is 296 g/mol. The Morgan fingerprint density at radius 3 is 2.67 bits per heavy atom. The number of carbonyl (C=O) groups excluding carboxylic acids is 2. The summed E-state index contributed by atoms with van der Waals surface area (Å²) in [5.41, 5.74) is 1.79. The molecule has 1 heterocycles. The maximum atomic E-state index is 11.5. The number of hydrogen-bond acceptors (Lipinski definition) is 4. The van der Waals surface area contributed by atoms with Crippen molar-refractivity contribution in [3.05, 3.63) is 17.5 Å². The van der Waals surface area contributed by atoms with Crippen LogP contribution in [0.3, 0.4) is 0 Å². The summed E-state index contributed by atoms with van der Waals surface area (Å²) in [6, 6.07) is -0.596. The van der Waals surface area contributed by atoms with E-state index in [2.05, 4.69) is 15.7 Å². The van der Waals surface area contributed by atoms with Crippen molar-refractivity contribution >= 4 is 17.9 Å². The molecule has 1 aromatic heterocycles. The topological polar surface area (TPSA) is 113 Å². The van der Waals surface area contributed by atoms with Crippen molar-refractivity contribution in [2.24, 2.45) is 7.05 Å². The number of carbonyl (C=O) groups is 3. The van der Waals surface area contributed by atoms with E-state index in [4.69, 9.17) is 5.11 Å². The molecule has 0 saturated heterocycles. The minimum atomic E-state index is -0.962. The molecule has 1 rings (SSSR count). The molecule has 0 aliphatic rings. The van der Waals surface area contributed by atoms with E-state index in [0.717, 1.165) is 17.7 Å². The molecular weight excluding hydrogens is 276 g/mol. The number of carboxylic acids is 1. The predicted octanol–water partition coefficient (Wildman–Crippen LogP) is 0.563. The highest BCUT2D eigenvalue weighted by molar-refractivity contribution is 5.94. The number of imide groups is 1. The van der Waals surface area contributed by atoms with E-state index < -0.39 is 17.9 Å². The van der Waals surface area contributed by atoms with Crippen LogP contribution in [0.15, 0.2) is 6.20 Å². The number of carboxylic acid groups (broad SMARTS) is 1. The summed E-state index contributed by atoms with van der Waals surface area (Å²) in [5, 5.41) is 17.4. The highest BCUT2D eigenvalue weighted by Crippen LogP contribution is 2.06. The lowest BCUT2D eigenvalue weighted by Crippen LogP contribution is -2.39. The fourth-order valence-corrected chi connectivity index (χ4v) is 1.84. The average Bonchev–Trinajstić information content (AvgIpc) is 2.76. The molecule has 0 radical (unpaired) electrons. The number of aromatic nitrogens is 2. The summed E-state index contributed by atoms with van der Waals surface area (Å²) in [6.45, 7) is 2.25. The van der Waals surface area contributed by atoms with Gasteiger partial charge in [0.15, 0.2) is 0 Å². The molecule has 3 N–H and O–H groups in total. The van der Waals surface area contributed by atoms with Crippen molar-refractivity contribution in [3.63, 3.8) is 0 Å². The molecular formula is C13H20N4O4. The first-order valence-corrected chi connectivity index (χ1v) is 6.73. The number of aliphatic carboxylic acids is 1. The second-order valence-electron chi connectivity index (χ2n) is 4.61. The molecule has 0 atom stereocenters. The molecule has 8 heteroatoms. The van der Waals surface area contributed by atoms with E-state index >= 15 is 0 Å². The third-order valence-electron chi connectivity index (χ3n) is 2.81. The SMILES string of the molecule is CCc1nn(C)cc1CNC(=O)NC(=O)CCCC(=O)O. The van der Waals surface area contributed by atoms with Crippen molar-refractivity contribution in [2.75, 3.05) is 0 Å². The van der Waals surface area contributed by atoms with Crippen LogP contribution in [-0.2, 0) is 29.6 Å². The van der Waals surface area contributed by atoms with Gasteiger partial charge < -0.3 is 10.4 Å². The van der Waals surface area contributed by atoms with E-state index in [-0.39, 0.29) is 25.8 Å². The molecule has 0 saturated carbocycles.